The van der Waals surface area contributed by atoms with Crippen molar-refractivity contribution < 1.29 is 48.3 Å². The first-order valence-corrected chi connectivity index (χ1v) is 26.9. The lowest BCUT2D eigenvalue weighted by atomic mass is 9.92. The largest absolute Gasteiger partial charge is 0.387 e. The van der Waals surface area contributed by atoms with Gasteiger partial charge in [0, 0.05) is 81.5 Å². The van der Waals surface area contributed by atoms with Crippen LogP contribution in [0.2, 0.25) is 0 Å². The lowest BCUT2D eigenvalue weighted by Gasteiger charge is -2.30. The molecule has 72 heavy (non-hydrogen) atoms. The molecule has 6 amide bonds. The van der Waals surface area contributed by atoms with Crippen molar-refractivity contribution in [3.05, 3.63) is 48.2 Å². The Kier molecular flexibility index (Phi) is 23.0. The average molecular weight is 1030 g/mol. The number of amides is 6. The Morgan fingerprint density at radius 2 is 1.51 bits per heavy atom. The minimum atomic E-state index is -1.21. The molecule has 0 radical (unpaired) electrons. The van der Waals surface area contributed by atoms with E-state index in [1.165, 1.54) is 6.33 Å². The molecule has 0 saturated carbocycles. The third-order valence-corrected chi connectivity index (χ3v) is 15.0. The first-order valence-electron chi connectivity index (χ1n) is 25.8. The van der Waals surface area contributed by atoms with E-state index in [1.54, 1.807) is 10.9 Å². The molecule has 3 aliphatic heterocycles. The van der Waals surface area contributed by atoms with Crippen molar-refractivity contribution in [2.24, 2.45) is 0 Å². The van der Waals surface area contributed by atoms with E-state index in [9.17, 15) is 29.4 Å². The number of nitrogens with one attached hydrogen (secondary N) is 6. The van der Waals surface area contributed by atoms with Crippen molar-refractivity contribution in [2.75, 3.05) is 83.4 Å². The molecule has 2 aromatic heterocycles. The first kappa shape index (κ1) is 56.6. The van der Waals surface area contributed by atoms with E-state index in [1.807, 2.05) is 43.0 Å². The van der Waals surface area contributed by atoms with E-state index in [-0.39, 0.29) is 41.5 Å². The number of rotatable bonds is 33. The molecule has 21 nitrogen and oxygen atoms in total. The van der Waals surface area contributed by atoms with Crippen molar-refractivity contribution in [3.63, 3.8) is 0 Å². The third-order valence-electron chi connectivity index (χ3n) is 13.3. The van der Waals surface area contributed by atoms with Crippen LogP contribution in [0.4, 0.5) is 15.3 Å². The minimum Gasteiger partial charge on any atom is -0.387 e. The number of urea groups is 2. The predicted molar refractivity (Wildman–Crippen MR) is 275 cm³/mol. The lowest BCUT2D eigenvalue weighted by molar-refractivity contribution is -0.122. The zero-order valence-corrected chi connectivity index (χ0v) is 43.4. The van der Waals surface area contributed by atoms with E-state index in [4.69, 9.17) is 18.9 Å². The average Bonchev–Trinajstić information content (AvgIpc) is 4.08. The Morgan fingerprint density at radius 3 is 2.19 bits per heavy atom. The zero-order chi connectivity index (χ0) is 51.3. The number of aliphatic hydroxyl groups is 2. The summed E-state index contributed by atoms with van der Waals surface area (Å²) in [5.74, 6) is 0.953. The molecule has 7 atom stereocenters. The van der Waals surface area contributed by atoms with Gasteiger partial charge in [-0.1, -0.05) is 24.1 Å². The maximum atomic E-state index is 12.5. The zero-order valence-electron chi connectivity index (χ0n) is 42.6. The molecule has 6 rings (SSSR count). The number of hydrogen-bond acceptors (Lipinski definition) is 15. The molecule has 3 fully saturated rings. The van der Waals surface area contributed by atoms with Crippen LogP contribution in [0.15, 0.2) is 36.9 Å². The number of fused-ring (bicyclic) bond motifs is 2. The van der Waals surface area contributed by atoms with Crippen LogP contribution in [0, 0.1) is 6.92 Å². The van der Waals surface area contributed by atoms with Crippen LogP contribution < -0.4 is 31.9 Å². The quantitative estimate of drug-likeness (QED) is 0.0320. The smallest absolute Gasteiger partial charge is 0.319 e. The molecule has 22 heteroatoms. The van der Waals surface area contributed by atoms with Crippen molar-refractivity contribution >= 4 is 52.5 Å². The predicted octanol–water partition coefficient (Wildman–Crippen LogP) is 3.57. The van der Waals surface area contributed by atoms with Gasteiger partial charge in [0.1, 0.15) is 30.2 Å². The molecule has 0 aliphatic carbocycles. The molecule has 1 aromatic carbocycles. The monoisotopic (exact) mass is 1030 g/mol. The first-order chi connectivity index (χ1) is 34.8. The van der Waals surface area contributed by atoms with E-state index in [0.717, 1.165) is 48.4 Å². The fraction of sp³-hybridized carbons (Fsp3) is 0.700. The highest BCUT2D eigenvalue weighted by Crippen LogP contribution is 2.40. The molecule has 0 bridgehead atoms. The summed E-state index contributed by atoms with van der Waals surface area (Å²) >= 11 is 1.90. The minimum absolute atomic E-state index is 0.0231. The fourth-order valence-corrected chi connectivity index (χ4v) is 10.8. The normalized spacial score (nSPS) is 22.6. The highest BCUT2D eigenvalue weighted by Gasteiger charge is 2.51. The molecule has 3 aliphatic rings. The van der Waals surface area contributed by atoms with Crippen molar-refractivity contribution in [3.8, 4) is 0 Å². The van der Waals surface area contributed by atoms with E-state index in [2.05, 4.69) is 72.5 Å². The number of nitrogens with zero attached hydrogens (tertiary/aromatic N) is 5. The van der Waals surface area contributed by atoms with E-state index < -0.39 is 24.5 Å². The summed E-state index contributed by atoms with van der Waals surface area (Å²) in [6.07, 6.45) is 6.82. The summed E-state index contributed by atoms with van der Waals surface area (Å²) in [6.45, 7) is 13.7. The Balaban J connectivity index is 0.742. The number of carbonyl (C=O) groups excluding carboxylic acids is 4. The Hall–Kier alpha value is -4.68. The number of carbonyl (C=O) groups is 4. The van der Waals surface area contributed by atoms with Gasteiger partial charge in [-0.05, 0) is 91.2 Å². The van der Waals surface area contributed by atoms with E-state index in [0.29, 0.717) is 134 Å². The number of benzene rings is 1. The second-order valence-electron chi connectivity index (χ2n) is 19.4. The summed E-state index contributed by atoms with van der Waals surface area (Å²) in [5, 5.41) is 40.4. The maximum absolute atomic E-state index is 12.5. The maximum Gasteiger partial charge on any atom is 0.319 e. The second-order valence-corrected chi connectivity index (χ2v) is 20.6. The number of aryl methyl sites for hydroxylation is 2. The Labute approximate surface area is 427 Å². The second kappa shape index (κ2) is 29.3. The van der Waals surface area contributed by atoms with Gasteiger partial charge in [-0.25, -0.2) is 24.5 Å². The number of hydrogen-bond donors (Lipinski definition) is 8. The standard InChI is InChI=1S/C50H79N11O10S/c1-34(2)60(23-9-20-53-48(66)57-36-18-16-35(3)17-19-36)30-38-43(64)44(65)47(71-38)61-33-56-42-37(54-32-55-46(42)61)12-5-7-14-40(62)51-21-10-24-68-26-28-70-29-27-69-25-11-22-52-41(63)15-8-6-13-39-45-50(4,31-72-39)59-49(67)58-45/h16-19,32-34,38-39,43-45,47,64-65H,5-15,20-31H2,1-4H3,(H,51,62)(H,52,63)(H2,53,57,66)(H2,58,59,67)/t38-,39+,43-,44-,45-,47-,50+/m1/s1. The number of ether oxygens (including phenoxy) is 4. The Morgan fingerprint density at radius 1 is 0.861 bits per heavy atom. The van der Waals surface area contributed by atoms with Crippen LogP contribution in [-0.2, 0) is 35.0 Å². The van der Waals surface area contributed by atoms with Crippen molar-refractivity contribution in [1.29, 1.82) is 0 Å². The summed E-state index contributed by atoms with van der Waals surface area (Å²) in [4.78, 5) is 64.5. The molecule has 3 saturated heterocycles. The molecule has 3 aromatic rings. The van der Waals surface area contributed by atoms with Gasteiger partial charge in [0.05, 0.1) is 50.0 Å². The summed E-state index contributed by atoms with van der Waals surface area (Å²) in [5.41, 5.74) is 3.48. The number of anilines is 1. The van der Waals surface area contributed by atoms with Gasteiger partial charge in [-0.3, -0.25) is 19.1 Å². The molecule has 8 N–H and O–H groups in total. The van der Waals surface area contributed by atoms with Crippen LogP contribution in [0.1, 0.15) is 102 Å². The molecule has 400 valence electrons. The van der Waals surface area contributed by atoms with Crippen LogP contribution in [0.25, 0.3) is 11.2 Å². The van der Waals surface area contributed by atoms with Crippen LogP contribution >= 0.6 is 11.8 Å². The highest BCUT2D eigenvalue weighted by molar-refractivity contribution is 8.00. The van der Waals surface area contributed by atoms with Crippen LogP contribution in [0.5, 0.6) is 0 Å². The molecule has 0 spiro atoms. The number of unbranched alkanes of at least 4 members (excludes halogenated alkanes) is 2. The van der Waals surface area contributed by atoms with E-state index >= 15 is 0 Å². The van der Waals surface area contributed by atoms with Gasteiger partial charge < -0.3 is 61.1 Å². The number of imidazole rings is 1. The third kappa shape index (κ3) is 17.5. The molecule has 0 unspecified atom stereocenters. The number of thioether (sulfide) groups is 1. The lowest BCUT2D eigenvalue weighted by Crippen LogP contribution is -2.47. The van der Waals surface area contributed by atoms with Crippen LogP contribution in [0.3, 0.4) is 0 Å². The van der Waals surface area contributed by atoms with Gasteiger partial charge in [-0.15, -0.1) is 0 Å². The van der Waals surface area contributed by atoms with Crippen molar-refractivity contribution in [2.45, 2.75) is 146 Å². The molecular weight excluding hydrogens is 947 g/mol. The van der Waals surface area contributed by atoms with Gasteiger partial charge >= 0.3 is 12.1 Å². The van der Waals surface area contributed by atoms with Crippen molar-refractivity contribution in [1.82, 2.24) is 51.0 Å². The molecular formula is C50H79N11O10S. The van der Waals surface area contributed by atoms with Gasteiger partial charge in [0.25, 0.3) is 0 Å². The fourth-order valence-electron chi connectivity index (χ4n) is 9.13. The van der Waals surface area contributed by atoms with Gasteiger partial charge in [0.15, 0.2) is 11.9 Å². The summed E-state index contributed by atoms with van der Waals surface area (Å²) in [7, 11) is 0. The highest BCUT2D eigenvalue weighted by atomic mass is 32.2. The number of aliphatic hydroxyl groups excluding tert-OH is 2. The topological polar surface area (TPSA) is 265 Å². The van der Waals surface area contributed by atoms with Crippen LogP contribution in [-0.4, -0.2) is 178 Å². The van der Waals surface area contributed by atoms with Gasteiger partial charge in [0.2, 0.25) is 11.8 Å². The molecule has 5 heterocycles. The summed E-state index contributed by atoms with van der Waals surface area (Å²) < 4.78 is 24.8. The van der Waals surface area contributed by atoms with Gasteiger partial charge in [-0.2, -0.15) is 11.8 Å². The number of aromatic nitrogens is 4. The Bertz CT molecular complexity index is 2150. The summed E-state index contributed by atoms with van der Waals surface area (Å²) in [6, 6.07) is 7.53. The SMILES string of the molecule is Cc1ccc(NC(=O)NCCCN(C[C@H]2O[C@@H](n3cnc4c(CCCCC(=O)NCCCOCCOCCOCCCNC(=O)CCCC[C@@H]5SC[C@]6(C)NC(=O)N[C@H]56)ncnc43)[C@H](O)[C@@H]2O)C(C)C)cc1.